The Morgan fingerprint density at radius 3 is 2.94 bits per heavy atom. The summed E-state index contributed by atoms with van der Waals surface area (Å²) in [6.07, 6.45) is 3.20. The number of benzene rings is 1. The van der Waals surface area contributed by atoms with Crippen molar-refractivity contribution in [1.29, 1.82) is 0 Å². The van der Waals surface area contributed by atoms with Gasteiger partial charge in [-0.25, -0.2) is 15.0 Å². The number of fused-ring (bicyclic) bond motifs is 1. The minimum Gasteiger partial charge on any atom is -0.496 e. The maximum atomic E-state index is 5.31. The van der Waals surface area contributed by atoms with Crippen LogP contribution < -0.4 is 4.74 Å². The van der Waals surface area contributed by atoms with Crippen LogP contribution in [0.3, 0.4) is 0 Å². The van der Waals surface area contributed by atoms with Crippen LogP contribution >= 0.6 is 0 Å². The van der Waals surface area contributed by atoms with Gasteiger partial charge < -0.3 is 9.72 Å². The largest absolute Gasteiger partial charge is 0.496 e. The van der Waals surface area contributed by atoms with E-state index >= 15 is 0 Å². The second kappa shape index (κ2) is 4.10. The van der Waals surface area contributed by atoms with E-state index in [4.69, 9.17) is 4.74 Å². The van der Waals surface area contributed by atoms with Crippen LogP contribution in [0.15, 0.2) is 30.7 Å². The van der Waals surface area contributed by atoms with E-state index in [1.54, 1.807) is 13.3 Å². The smallest absolute Gasteiger partial charge is 0.181 e. The summed E-state index contributed by atoms with van der Waals surface area (Å²) < 4.78 is 5.31. The van der Waals surface area contributed by atoms with Gasteiger partial charge in [-0.3, -0.25) is 0 Å². The third-order valence-corrected chi connectivity index (χ3v) is 2.84. The average Bonchev–Trinajstić information content (AvgIpc) is 2.83. The van der Waals surface area contributed by atoms with Gasteiger partial charge in [-0.15, -0.1) is 0 Å². The van der Waals surface area contributed by atoms with Crippen LogP contribution in [0.4, 0.5) is 0 Å². The third kappa shape index (κ3) is 1.69. The minimum absolute atomic E-state index is 0.666. The van der Waals surface area contributed by atoms with E-state index in [9.17, 15) is 0 Å². The molecule has 0 bridgehead atoms. The molecule has 0 fully saturated rings. The number of nitrogens with zero attached hydrogens (tertiary/aromatic N) is 3. The van der Waals surface area contributed by atoms with Gasteiger partial charge in [0.15, 0.2) is 5.65 Å². The maximum absolute atomic E-state index is 5.31. The van der Waals surface area contributed by atoms with Crippen LogP contribution in [0.2, 0.25) is 0 Å². The Bertz CT molecular complexity index is 672. The zero-order valence-corrected chi connectivity index (χ0v) is 10.1. The molecule has 5 nitrogen and oxygen atoms in total. The van der Waals surface area contributed by atoms with E-state index in [0.29, 0.717) is 5.65 Å². The highest BCUT2D eigenvalue weighted by Gasteiger charge is 2.08. The van der Waals surface area contributed by atoms with Gasteiger partial charge in [0, 0.05) is 5.56 Å². The molecule has 0 saturated heterocycles. The van der Waals surface area contributed by atoms with Crippen LogP contribution in [0, 0.1) is 6.92 Å². The van der Waals surface area contributed by atoms with Crippen LogP contribution in [0.5, 0.6) is 5.75 Å². The second-order valence-corrected chi connectivity index (χ2v) is 4.03. The molecule has 0 aliphatic rings. The summed E-state index contributed by atoms with van der Waals surface area (Å²) in [6.45, 7) is 2.01. The molecule has 0 aliphatic carbocycles. The molecule has 0 spiro atoms. The summed E-state index contributed by atoms with van der Waals surface area (Å²) in [5.41, 5.74) is 3.55. The average molecular weight is 240 g/mol. The third-order valence-electron chi connectivity index (χ3n) is 2.84. The zero-order chi connectivity index (χ0) is 12.5. The molecule has 3 rings (SSSR count). The SMILES string of the molecule is COc1cc(-c2nc3ncncc3[nH]2)ccc1C. The van der Waals surface area contributed by atoms with Crippen molar-refractivity contribution in [3.05, 3.63) is 36.3 Å². The highest BCUT2D eigenvalue weighted by Crippen LogP contribution is 2.25. The van der Waals surface area contributed by atoms with E-state index in [1.807, 2.05) is 25.1 Å². The zero-order valence-electron chi connectivity index (χ0n) is 10.1. The van der Waals surface area contributed by atoms with Crippen molar-refractivity contribution in [2.45, 2.75) is 6.92 Å². The van der Waals surface area contributed by atoms with E-state index in [-0.39, 0.29) is 0 Å². The molecular weight excluding hydrogens is 228 g/mol. The Labute approximate surface area is 104 Å². The number of hydrogen-bond acceptors (Lipinski definition) is 4. The monoisotopic (exact) mass is 240 g/mol. The van der Waals surface area contributed by atoms with Gasteiger partial charge in [-0.2, -0.15) is 0 Å². The number of hydrogen-bond donors (Lipinski definition) is 1. The van der Waals surface area contributed by atoms with E-state index < -0.39 is 0 Å². The molecule has 0 aliphatic heterocycles. The lowest BCUT2D eigenvalue weighted by atomic mass is 10.1. The van der Waals surface area contributed by atoms with Crippen molar-refractivity contribution in [3.8, 4) is 17.1 Å². The molecule has 5 heteroatoms. The second-order valence-electron chi connectivity index (χ2n) is 4.03. The summed E-state index contributed by atoms with van der Waals surface area (Å²) in [5, 5.41) is 0. The fourth-order valence-electron chi connectivity index (χ4n) is 1.87. The van der Waals surface area contributed by atoms with Crippen molar-refractivity contribution >= 4 is 11.2 Å². The first-order valence-corrected chi connectivity index (χ1v) is 5.58. The summed E-state index contributed by atoms with van der Waals surface area (Å²) in [4.78, 5) is 15.7. The van der Waals surface area contributed by atoms with Crippen LogP contribution in [-0.2, 0) is 0 Å². The number of ether oxygens (including phenoxy) is 1. The number of aromatic amines is 1. The number of methoxy groups -OCH3 is 1. The highest BCUT2D eigenvalue weighted by molar-refractivity contribution is 5.75. The first-order valence-electron chi connectivity index (χ1n) is 5.58. The summed E-state index contributed by atoms with van der Waals surface area (Å²) in [6, 6.07) is 5.97. The topological polar surface area (TPSA) is 63.7 Å². The van der Waals surface area contributed by atoms with Crippen molar-refractivity contribution in [2.24, 2.45) is 0 Å². The van der Waals surface area contributed by atoms with Gasteiger partial charge in [0.2, 0.25) is 0 Å². The fourth-order valence-corrected chi connectivity index (χ4v) is 1.87. The van der Waals surface area contributed by atoms with Crippen LogP contribution in [-0.4, -0.2) is 27.0 Å². The van der Waals surface area contributed by atoms with Crippen molar-refractivity contribution in [3.63, 3.8) is 0 Å². The van der Waals surface area contributed by atoms with E-state index in [1.165, 1.54) is 6.33 Å². The molecule has 90 valence electrons. The molecule has 0 unspecified atom stereocenters. The van der Waals surface area contributed by atoms with Crippen molar-refractivity contribution in [2.75, 3.05) is 7.11 Å². The Hall–Kier alpha value is -2.43. The lowest BCUT2D eigenvalue weighted by Gasteiger charge is -2.05. The number of H-pyrrole nitrogens is 1. The molecule has 1 aromatic carbocycles. The molecule has 3 aromatic rings. The number of rotatable bonds is 2. The summed E-state index contributed by atoms with van der Waals surface area (Å²) in [7, 11) is 1.66. The molecule has 0 saturated carbocycles. The number of aromatic nitrogens is 4. The lowest BCUT2D eigenvalue weighted by Crippen LogP contribution is -1.88. The maximum Gasteiger partial charge on any atom is 0.181 e. The molecule has 2 aromatic heterocycles. The van der Waals surface area contributed by atoms with Gasteiger partial charge in [-0.05, 0) is 18.6 Å². The fraction of sp³-hybridized carbons (Fsp3) is 0.154. The standard InChI is InChI=1S/C13H12N4O/c1-8-3-4-9(5-11(8)18-2)12-16-10-6-14-7-15-13(10)17-12/h3-7H,1-2H3,(H,14,15,16,17). The van der Waals surface area contributed by atoms with E-state index in [0.717, 1.165) is 28.2 Å². The molecule has 18 heavy (non-hydrogen) atoms. The Kier molecular flexibility index (Phi) is 2.44. The van der Waals surface area contributed by atoms with Crippen molar-refractivity contribution < 1.29 is 4.74 Å². The van der Waals surface area contributed by atoms with Crippen LogP contribution in [0.1, 0.15) is 5.56 Å². The minimum atomic E-state index is 0.666. The summed E-state index contributed by atoms with van der Waals surface area (Å²) in [5.74, 6) is 1.61. The Morgan fingerprint density at radius 1 is 1.28 bits per heavy atom. The van der Waals surface area contributed by atoms with Gasteiger partial charge in [-0.1, -0.05) is 12.1 Å². The quantitative estimate of drug-likeness (QED) is 0.746. The number of nitrogens with one attached hydrogen (secondary N) is 1. The molecule has 0 atom stereocenters. The first-order chi connectivity index (χ1) is 8.78. The van der Waals surface area contributed by atoms with Crippen LogP contribution in [0.25, 0.3) is 22.6 Å². The highest BCUT2D eigenvalue weighted by atomic mass is 16.5. The van der Waals surface area contributed by atoms with Gasteiger partial charge >= 0.3 is 0 Å². The number of imidazole rings is 1. The molecule has 0 radical (unpaired) electrons. The van der Waals surface area contributed by atoms with Gasteiger partial charge in [0.1, 0.15) is 23.4 Å². The predicted molar refractivity (Wildman–Crippen MR) is 68.4 cm³/mol. The lowest BCUT2D eigenvalue weighted by molar-refractivity contribution is 0.412. The van der Waals surface area contributed by atoms with Crippen molar-refractivity contribution in [1.82, 2.24) is 19.9 Å². The molecule has 0 amide bonds. The Morgan fingerprint density at radius 2 is 2.17 bits per heavy atom. The first kappa shape index (κ1) is 10.7. The van der Waals surface area contributed by atoms with E-state index in [2.05, 4.69) is 19.9 Å². The van der Waals surface area contributed by atoms with Gasteiger partial charge in [0.05, 0.1) is 13.3 Å². The summed E-state index contributed by atoms with van der Waals surface area (Å²) >= 11 is 0. The number of aryl methyl sites for hydroxylation is 1. The van der Waals surface area contributed by atoms with Gasteiger partial charge in [0.25, 0.3) is 0 Å². The normalized spacial score (nSPS) is 10.8. The molecular formula is C13H12N4O. The molecule has 2 heterocycles. The predicted octanol–water partition coefficient (Wildman–Crippen LogP) is 2.34. The molecule has 1 N–H and O–H groups in total. The Balaban J connectivity index is 2.13.